The lowest BCUT2D eigenvalue weighted by atomic mass is 10.1. The van der Waals surface area contributed by atoms with Gasteiger partial charge in [-0.3, -0.25) is 9.59 Å². The Kier molecular flexibility index (Phi) is 6.36. The molecule has 7 heteroatoms. The average Bonchev–Trinajstić information content (AvgIpc) is 3.07. The van der Waals surface area contributed by atoms with Gasteiger partial charge < -0.3 is 10.6 Å². The van der Waals surface area contributed by atoms with Gasteiger partial charge in [0.15, 0.2) is 5.13 Å². The van der Waals surface area contributed by atoms with Crippen LogP contribution < -0.4 is 10.6 Å². The minimum atomic E-state index is -0.321. The highest BCUT2D eigenvalue weighted by atomic mass is 32.1. The van der Waals surface area contributed by atoms with E-state index in [0.717, 1.165) is 15.8 Å². The third-order valence-corrected chi connectivity index (χ3v) is 5.22. The second kappa shape index (κ2) is 8.93. The molecule has 0 saturated carbocycles. The summed E-state index contributed by atoms with van der Waals surface area (Å²) in [6, 6.07) is 12.2. The zero-order chi connectivity index (χ0) is 20.1. The number of aryl methyl sites for hydroxylation is 1. The summed E-state index contributed by atoms with van der Waals surface area (Å²) in [7, 11) is 0. The Balaban J connectivity index is 1.56. The van der Waals surface area contributed by atoms with Crippen molar-refractivity contribution in [2.75, 3.05) is 5.32 Å². The molecule has 2 N–H and O–H groups in total. The van der Waals surface area contributed by atoms with Crippen LogP contribution in [0.3, 0.4) is 0 Å². The SMILES string of the molecule is CC(C)C(=O)Nc1nc2ccc(CCC(=O)NCc3ccccc3F)cc2s1. The monoisotopic (exact) mass is 399 g/mol. The van der Waals surface area contributed by atoms with E-state index in [1.807, 2.05) is 32.0 Å². The normalized spacial score (nSPS) is 11.0. The Morgan fingerprint density at radius 2 is 1.96 bits per heavy atom. The Labute approximate surface area is 167 Å². The summed E-state index contributed by atoms with van der Waals surface area (Å²) in [6.07, 6.45) is 0.889. The van der Waals surface area contributed by atoms with Crippen LogP contribution >= 0.6 is 11.3 Å². The number of anilines is 1. The summed E-state index contributed by atoms with van der Waals surface area (Å²) >= 11 is 1.42. The fourth-order valence-corrected chi connectivity index (χ4v) is 3.54. The molecule has 0 saturated heterocycles. The first-order chi connectivity index (χ1) is 13.4. The van der Waals surface area contributed by atoms with Gasteiger partial charge >= 0.3 is 0 Å². The zero-order valence-electron chi connectivity index (χ0n) is 15.8. The molecule has 0 fully saturated rings. The lowest BCUT2D eigenvalue weighted by Crippen LogP contribution is -2.23. The molecule has 2 aromatic carbocycles. The molecule has 0 atom stereocenters. The van der Waals surface area contributed by atoms with Gasteiger partial charge in [-0.2, -0.15) is 0 Å². The van der Waals surface area contributed by atoms with E-state index in [0.29, 0.717) is 23.5 Å². The first-order valence-corrected chi connectivity index (χ1v) is 9.94. The highest BCUT2D eigenvalue weighted by Crippen LogP contribution is 2.27. The van der Waals surface area contributed by atoms with Gasteiger partial charge in [0, 0.05) is 24.4 Å². The van der Waals surface area contributed by atoms with E-state index in [2.05, 4.69) is 15.6 Å². The van der Waals surface area contributed by atoms with E-state index in [-0.39, 0.29) is 30.1 Å². The fourth-order valence-electron chi connectivity index (χ4n) is 2.61. The zero-order valence-corrected chi connectivity index (χ0v) is 16.6. The van der Waals surface area contributed by atoms with E-state index >= 15 is 0 Å². The van der Waals surface area contributed by atoms with Crippen LogP contribution in [0.5, 0.6) is 0 Å². The van der Waals surface area contributed by atoms with Crippen molar-refractivity contribution in [2.45, 2.75) is 33.2 Å². The quantitative estimate of drug-likeness (QED) is 0.623. The summed E-state index contributed by atoms with van der Waals surface area (Å²) < 4.78 is 14.5. The van der Waals surface area contributed by atoms with Gasteiger partial charge in [0.25, 0.3) is 0 Å². The number of carbonyl (C=O) groups excluding carboxylic acids is 2. The number of hydrogen-bond donors (Lipinski definition) is 2. The van der Waals surface area contributed by atoms with Crippen molar-refractivity contribution in [3.05, 3.63) is 59.4 Å². The largest absolute Gasteiger partial charge is 0.352 e. The molecule has 5 nitrogen and oxygen atoms in total. The van der Waals surface area contributed by atoms with Gasteiger partial charge in [-0.15, -0.1) is 0 Å². The standard InChI is InChI=1S/C21H22FN3O2S/c1-13(2)20(27)25-21-24-17-9-7-14(11-18(17)28-21)8-10-19(26)23-12-15-5-3-4-6-16(15)22/h3-7,9,11,13H,8,10,12H2,1-2H3,(H,23,26)(H,24,25,27). The molecule has 0 aliphatic rings. The van der Waals surface area contributed by atoms with Crippen molar-refractivity contribution in [1.29, 1.82) is 0 Å². The summed E-state index contributed by atoms with van der Waals surface area (Å²) in [5.41, 5.74) is 2.30. The first kappa shape index (κ1) is 19.9. The molecule has 146 valence electrons. The molecule has 1 heterocycles. The van der Waals surface area contributed by atoms with Gasteiger partial charge in [-0.25, -0.2) is 9.37 Å². The number of carbonyl (C=O) groups is 2. The highest BCUT2D eigenvalue weighted by molar-refractivity contribution is 7.22. The molecule has 0 aliphatic heterocycles. The Bertz CT molecular complexity index is 1000. The van der Waals surface area contributed by atoms with E-state index in [4.69, 9.17) is 0 Å². The van der Waals surface area contributed by atoms with Crippen LogP contribution in [0.2, 0.25) is 0 Å². The molecule has 3 rings (SSSR count). The van der Waals surface area contributed by atoms with Crippen molar-refractivity contribution in [3.8, 4) is 0 Å². The number of halogens is 1. The topological polar surface area (TPSA) is 71.1 Å². The van der Waals surface area contributed by atoms with Crippen LogP contribution in [0.4, 0.5) is 9.52 Å². The molecule has 0 bridgehead atoms. The number of rotatable bonds is 7. The van der Waals surface area contributed by atoms with Crippen molar-refractivity contribution in [1.82, 2.24) is 10.3 Å². The second-order valence-electron chi connectivity index (χ2n) is 6.83. The Hall–Kier alpha value is -2.80. The van der Waals surface area contributed by atoms with E-state index in [1.165, 1.54) is 17.4 Å². The van der Waals surface area contributed by atoms with Crippen molar-refractivity contribution < 1.29 is 14.0 Å². The van der Waals surface area contributed by atoms with Crippen LogP contribution in [0.15, 0.2) is 42.5 Å². The molecule has 1 aromatic heterocycles. The maximum atomic E-state index is 13.6. The summed E-state index contributed by atoms with van der Waals surface area (Å²) in [5, 5.41) is 6.14. The van der Waals surface area contributed by atoms with E-state index in [1.54, 1.807) is 18.2 Å². The lowest BCUT2D eigenvalue weighted by Gasteiger charge is -2.06. The highest BCUT2D eigenvalue weighted by Gasteiger charge is 2.11. The van der Waals surface area contributed by atoms with Crippen molar-refractivity contribution in [2.24, 2.45) is 5.92 Å². The summed E-state index contributed by atoms with van der Waals surface area (Å²) in [6.45, 7) is 3.84. The number of amides is 2. The van der Waals surface area contributed by atoms with Gasteiger partial charge in [0.2, 0.25) is 11.8 Å². The van der Waals surface area contributed by atoms with Gasteiger partial charge in [0.1, 0.15) is 5.82 Å². The predicted octanol–water partition coefficient (Wildman–Crippen LogP) is 4.28. The van der Waals surface area contributed by atoms with Crippen LogP contribution in [0.1, 0.15) is 31.4 Å². The summed E-state index contributed by atoms with van der Waals surface area (Å²) in [4.78, 5) is 28.3. The number of hydrogen-bond acceptors (Lipinski definition) is 4. The third kappa shape index (κ3) is 5.13. The number of aromatic nitrogens is 1. The minimum Gasteiger partial charge on any atom is -0.352 e. The third-order valence-electron chi connectivity index (χ3n) is 4.28. The molecule has 0 spiro atoms. The molecule has 28 heavy (non-hydrogen) atoms. The first-order valence-electron chi connectivity index (χ1n) is 9.13. The molecule has 0 aliphatic carbocycles. The number of thiazole rings is 1. The van der Waals surface area contributed by atoms with Crippen LogP contribution in [-0.4, -0.2) is 16.8 Å². The second-order valence-corrected chi connectivity index (χ2v) is 7.86. The van der Waals surface area contributed by atoms with Crippen molar-refractivity contribution >= 4 is 38.5 Å². The molecular formula is C21H22FN3O2S. The Morgan fingerprint density at radius 1 is 1.18 bits per heavy atom. The maximum Gasteiger partial charge on any atom is 0.228 e. The van der Waals surface area contributed by atoms with Crippen LogP contribution in [0, 0.1) is 11.7 Å². The Morgan fingerprint density at radius 3 is 2.71 bits per heavy atom. The van der Waals surface area contributed by atoms with E-state index in [9.17, 15) is 14.0 Å². The lowest BCUT2D eigenvalue weighted by molar-refractivity contribution is -0.121. The van der Waals surface area contributed by atoms with Crippen molar-refractivity contribution in [3.63, 3.8) is 0 Å². The van der Waals surface area contributed by atoms with Crippen LogP contribution in [0.25, 0.3) is 10.2 Å². The average molecular weight is 399 g/mol. The van der Waals surface area contributed by atoms with Gasteiger partial charge in [-0.1, -0.05) is 49.4 Å². The predicted molar refractivity (Wildman–Crippen MR) is 110 cm³/mol. The van der Waals surface area contributed by atoms with E-state index < -0.39 is 0 Å². The maximum absolute atomic E-state index is 13.6. The van der Waals surface area contributed by atoms with Gasteiger partial charge in [-0.05, 0) is 30.2 Å². The number of nitrogens with one attached hydrogen (secondary N) is 2. The number of nitrogens with zero attached hydrogens (tertiary/aromatic N) is 1. The molecule has 0 radical (unpaired) electrons. The summed E-state index contributed by atoms with van der Waals surface area (Å²) in [5.74, 6) is -0.618. The molecule has 0 unspecified atom stereocenters. The molecule has 3 aromatic rings. The molecule has 2 amide bonds. The fraction of sp³-hybridized carbons (Fsp3) is 0.286. The number of fused-ring (bicyclic) bond motifs is 1. The number of benzene rings is 2. The smallest absolute Gasteiger partial charge is 0.228 e. The van der Waals surface area contributed by atoms with Crippen LogP contribution in [-0.2, 0) is 22.6 Å². The molecular weight excluding hydrogens is 377 g/mol. The van der Waals surface area contributed by atoms with Gasteiger partial charge in [0.05, 0.1) is 10.2 Å². The minimum absolute atomic E-state index is 0.0641.